The van der Waals surface area contributed by atoms with Gasteiger partial charge >= 0.3 is 12.0 Å². The first-order valence-corrected chi connectivity index (χ1v) is 13.1. The molecule has 0 saturated heterocycles. The van der Waals surface area contributed by atoms with Crippen LogP contribution in [0.4, 0.5) is 4.79 Å². The van der Waals surface area contributed by atoms with E-state index in [0.717, 1.165) is 19.3 Å². The van der Waals surface area contributed by atoms with Crippen molar-refractivity contribution in [3.05, 3.63) is 12.2 Å². The van der Waals surface area contributed by atoms with E-state index in [1.807, 2.05) is 12.2 Å². The van der Waals surface area contributed by atoms with Crippen LogP contribution >= 0.6 is 0 Å². The quantitative estimate of drug-likeness (QED) is 0.358. The van der Waals surface area contributed by atoms with Gasteiger partial charge in [-0.15, -0.1) is 0 Å². The Hall–Kier alpha value is -2.63. The molecule has 0 aromatic rings. The molecule has 190 valence electrons. The zero-order valence-corrected chi connectivity index (χ0v) is 20.7. The van der Waals surface area contributed by atoms with E-state index >= 15 is 0 Å². The molecule has 0 radical (unpaired) electrons. The third-order valence-electron chi connectivity index (χ3n) is 6.75. The van der Waals surface area contributed by atoms with E-state index in [9.17, 15) is 27.6 Å². The molecule has 0 aromatic carbocycles. The van der Waals surface area contributed by atoms with Gasteiger partial charge in [-0.05, 0) is 45.4 Å². The monoisotopic (exact) mass is 498 g/mol. The largest absolute Gasteiger partial charge is 0.466 e. The summed E-state index contributed by atoms with van der Waals surface area (Å²) in [4.78, 5) is 51.6. The number of hydrogen-bond donors (Lipinski definition) is 3. The Labute approximate surface area is 200 Å². The molecule has 11 nitrogen and oxygen atoms in total. The third-order valence-corrected chi connectivity index (χ3v) is 8.91. The molecule has 34 heavy (non-hydrogen) atoms. The topological polar surface area (TPSA) is 151 Å². The van der Waals surface area contributed by atoms with Gasteiger partial charge in [0.1, 0.15) is 11.6 Å². The Balaban J connectivity index is 1.82. The summed E-state index contributed by atoms with van der Waals surface area (Å²) in [6.07, 6.45) is 7.27. The maximum Gasteiger partial charge on any atom is 0.317 e. The Bertz CT molecular complexity index is 976. The highest BCUT2D eigenvalue weighted by Crippen LogP contribution is 2.47. The fraction of sp³-hybridized carbons (Fsp3) is 0.727. The van der Waals surface area contributed by atoms with Gasteiger partial charge in [0.25, 0.3) is 5.91 Å². The third kappa shape index (κ3) is 5.89. The lowest BCUT2D eigenvalue weighted by molar-refractivity contribution is -0.141. The first-order chi connectivity index (χ1) is 15.9. The number of rotatable bonds is 6. The number of nitrogens with one attached hydrogen (secondary N) is 3. The molecule has 0 aromatic heterocycles. The van der Waals surface area contributed by atoms with Crippen LogP contribution in [0.15, 0.2) is 12.2 Å². The van der Waals surface area contributed by atoms with Gasteiger partial charge in [-0.25, -0.2) is 13.2 Å². The van der Waals surface area contributed by atoms with Crippen LogP contribution in [0.25, 0.3) is 0 Å². The van der Waals surface area contributed by atoms with Crippen molar-refractivity contribution in [2.24, 2.45) is 5.92 Å². The van der Waals surface area contributed by atoms with Gasteiger partial charge in [-0.2, -0.15) is 0 Å². The molecule has 1 heterocycles. The number of carbonyl (C=O) groups excluding carboxylic acids is 4. The number of fused-ring (bicyclic) bond motifs is 1. The van der Waals surface area contributed by atoms with Crippen LogP contribution in [0.2, 0.25) is 0 Å². The molecule has 12 heteroatoms. The van der Waals surface area contributed by atoms with Crippen LogP contribution < -0.4 is 15.4 Å². The SMILES string of the molecule is CC(=O)OCC[C@@H]1NC(=O)N(C)CCCC/C=C\[C@@H]2C[C@@]2(C(=O)NS(=O)(=O)C2(C)CC2)NC1=O. The van der Waals surface area contributed by atoms with Crippen LogP contribution in [0.5, 0.6) is 0 Å². The summed E-state index contributed by atoms with van der Waals surface area (Å²) in [5.74, 6) is -2.31. The van der Waals surface area contributed by atoms with Crippen molar-refractivity contribution in [3.63, 3.8) is 0 Å². The molecule has 2 fully saturated rings. The zero-order valence-electron chi connectivity index (χ0n) is 19.9. The summed E-state index contributed by atoms with van der Waals surface area (Å²) in [6, 6.07) is -1.55. The predicted octanol–water partition coefficient (Wildman–Crippen LogP) is 0.563. The summed E-state index contributed by atoms with van der Waals surface area (Å²) in [5, 5.41) is 5.34. The van der Waals surface area contributed by atoms with E-state index in [1.165, 1.54) is 11.8 Å². The van der Waals surface area contributed by atoms with E-state index < -0.39 is 50.2 Å². The lowest BCUT2D eigenvalue weighted by atomic mass is 10.1. The van der Waals surface area contributed by atoms with E-state index in [1.54, 1.807) is 14.0 Å². The molecule has 3 atom stereocenters. The molecule has 3 N–H and O–H groups in total. The second kappa shape index (κ2) is 9.93. The number of esters is 1. The second-order valence-corrected chi connectivity index (χ2v) is 11.8. The first-order valence-electron chi connectivity index (χ1n) is 11.6. The lowest BCUT2D eigenvalue weighted by Crippen LogP contribution is -2.58. The average molecular weight is 499 g/mol. The van der Waals surface area contributed by atoms with Crippen molar-refractivity contribution in [1.29, 1.82) is 0 Å². The Morgan fingerprint density at radius 3 is 2.62 bits per heavy atom. The van der Waals surface area contributed by atoms with E-state index in [2.05, 4.69) is 15.4 Å². The van der Waals surface area contributed by atoms with Gasteiger partial charge in [0, 0.05) is 32.9 Å². The Morgan fingerprint density at radius 1 is 1.26 bits per heavy atom. The number of ether oxygens (including phenoxy) is 1. The maximum absolute atomic E-state index is 13.2. The van der Waals surface area contributed by atoms with Crippen molar-refractivity contribution in [2.75, 3.05) is 20.2 Å². The number of hydrogen-bond acceptors (Lipinski definition) is 7. The number of allylic oxidation sites excluding steroid dienone is 1. The highest BCUT2D eigenvalue weighted by Gasteiger charge is 2.62. The summed E-state index contributed by atoms with van der Waals surface area (Å²) >= 11 is 0. The van der Waals surface area contributed by atoms with Crippen LogP contribution in [-0.2, 0) is 29.1 Å². The molecular formula is C22H34N4O7S. The van der Waals surface area contributed by atoms with Crippen molar-refractivity contribution >= 4 is 33.8 Å². The fourth-order valence-electron chi connectivity index (χ4n) is 3.89. The molecule has 0 spiro atoms. The Kier molecular flexibility index (Phi) is 7.59. The molecule has 2 saturated carbocycles. The summed E-state index contributed by atoms with van der Waals surface area (Å²) < 4.78 is 31.4. The number of amides is 4. The van der Waals surface area contributed by atoms with Crippen molar-refractivity contribution in [1.82, 2.24) is 20.3 Å². The number of sulfonamides is 1. The van der Waals surface area contributed by atoms with Crippen LogP contribution in [-0.4, -0.2) is 73.7 Å². The molecule has 2 aliphatic carbocycles. The van der Waals surface area contributed by atoms with Gasteiger partial charge in [0.2, 0.25) is 15.9 Å². The fourth-order valence-corrected chi connectivity index (χ4v) is 5.20. The summed E-state index contributed by atoms with van der Waals surface area (Å²) in [5.41, 5.74) is -1.42. The Morgan fingerprint density at radius 2 is 1.97 bits per heavy atom. The van der Waals surface area contributed by atoms with Crippen LogP contribution in [0, 0.1) is 5.92 Å². The maximum atomic E-state index is 13.2. The molecule has 3 aliphatic rings. The molecule has 4 amide bonds. The smallest absolute Gasteiger partial charge is 0.317 e. The predicted molar refractivity (Wildman–Crippen MR) is 123 cm³/mol. The number of nitrogens with zero attached hydrogens (tertiary/aromatic N) is 1. The first kappa shape index (κ1) is 26.0. The molecule has 3 rings (SSSR count). The van der Waals surface area contributed by atoms with Crippen molar-refractivity contribution < 1.29 is 32.3 Å². The van der Waals surface area contributed by atoms with Gasteiger partial charge in [-0.1, -0.05) is 12.2 Å². The van der Waals surface area contributed by atoms with Crippen LogP contribution in [0.1, 0.15) is 58.8 Å². The van der Waals surface area contributed by atoms with E-state index in [0.29, 0.717) is 19.4 Å². The van der Waals surface area contributed by atoms with Gasteiger partial charge < -0.3 is 20.3 Å². The molecule has 0 bridgehead atoms. The standard InChI is InChI=1S/C22H34N4O7S/c1-15(27)33-13-9-17-18(28)24-22(19(29)25-34(31,32)21(2)10-11-21)14-16(22)8-6-4-5-7-12-26(3)20(30)23-17/h6,8,16-17H,4-5,7,9-14H2,1-3H3,(H,23,30)(H,24,28)(H,25,29)/b8-6-/t16-,17+,22-/m1/s1. The summed E-state index contributed by atoms with van der Waals surface area (Å²) in [6.45, 7) is 3.21. The number of carbonyl (C=O) groups is 4. The zero-order chi connectivity index (χ0) is 25.1. The lowest BCUT2D eigenvalue weighted by Gasteiger charge is -2.26. The minimum absolute atomic E-state index is 0.000429. The van der Waals surface area contributed by atoms with Crippen molar-refractivity contribution in [3.8, 4) is 0 Å². The molecular weight excluding hydrogens is 464 g/mol. The number of urea groups is 1. The highest BCUT2D eigenvalue weighted by molar-refractivity contribution is 7.91. The van der Waals surface area contributed by atoms with Crippen LogP contribution in [0.3, 0.4) is 0 Å². The van der Waals surface area contributed by atoms with Gasteiger partial charge in [0.05, 0.1) is 11.4 Å². The normalized spacial score (nSPS) is 30.0. The molecule has 1 aliphatic heterocycles. The second-order valence-electron chi connectivity index (χ2n) is 9.63. The van der Waals surface area contributed by atoms with Crippen molar-refractivity contribution in [2.45, 2.75) is 75.1 Å². The van der Waals surface area contributed by atoms with Gasteiger partial charge in [-0.3, -0.25) is 19.1 Å². The minimum Gasteiger partial charge on any atom is -0.466 e. The summed E-state index contributed by atoms with van der Waals surface area (Å²) in [7, 11) is -2.27. The van der Waals surface area contributed by atoms with Gasteiger partial charge in [0.15, 0.2) is 0 Å². The highest BCUT2D eigenvalue weighted by atomic mass is 32.2. The average Bonchev–Trinajstić information content (AvgIpc) is 3.66. The van der Waals surface area contributed by atoms with E-state index in [4.69, 9.17) is 4.74 Å². The minimum atomic E-state index is -3.89. The van der Waals surface area contributed by atoms with E-state index in [-0.39, 0.29) is 25.4 Å². The molecule has 0 unspecified atom stereocenters.